The van der Waals surface area contributed by atoms with E-state index in [1.54, 1.807) is 19.3 Å². The molecule has 1 aromatic rings. The van der Waals surface area contributed by atoms with Gasteiger partial charge < -0.3 is 14.6 Å². The van der Waals surface area contributed by atoms with Gasteiger partial charge in [-0.25, -0.2) is 0 Å². The smallest absolute Gasteiger partial charge is 0.318 e. The normalized spacial score (nSPS) is 12.1. The van der Waals surface area contributed by atoms with E-state index in [0.29, 0.717) is 6.42 Å². The number of aromatic nitrogens is 1. The van der Waals surface area contributed by atoms with Crippen LogP contribution in [0.1, 0.15) is 20.3 Å². The van der Waals surface area contributed by atoms with E-state index in [1.165, 1.54) is 17.7 Å². The van der Waals surface area contributed by atoms with Gasteiger partial charge in [0.1, 0.15) is 11.6 Å². The van der Waals surface area contributed by atoms with Gasteiger partial charge in [-0.1, -0.05) is 13.8 Å². The average molecular weight is 280 g/mol. The number of nitrogens with one attached hydrogen (secondary N) is 1. The SMILES string of the molecule is COC(=O)[C@@H](CC(C)C)C(=O)Nc1cccn(C)c1=O. The van der Waals surface area contributed by atoms with Crippen LogP contribution >= 0.6 is 0 Å². The highest BCUT2D eigenvalue weighted by molar-refractivity contribution is 6.04. The lowest BCUT2D eigenvalue weighted by Gasteiger charge is -2.16. The Hall–Kier alpha value is -2.11. The highest BCUT2D eigenvalue weighted by atomic mass is 16.5. The molecule has 20 heavy (non-hydrogen) atoms. The molecule has 0 aliphatic heterocycles. The predicted molar refractivity (Wildman–Crippen MR) is 75.3 cm³/mol. The molecule has 1 N–H and O–H groups in total. The summed E-state index contributed by atoms with van der Waals surface area (Å²) < 4.78 is 6.00. The molecule has 1 rings (SSSR count). The molecule has 0 spiro atoms. The van der Waals surface area contributed by atoms with E-state index in [1.807, 2.05) is 13.8 Å². The first-order valence-electron chi connectivity index (χ1n) is 6.41. The fourth-order valence-corrected chi connectivity index (χ4v) is 1.84. The molecule has 6 heteroatoms. The van der Waals surface area contributed by atoms with Gasteiger partial charge in [0, 0.05) is 13.2 Å². The first kappa shape index (κ1) is 15.9. The lowest BCUT2D eigenvalue weighted by molar-refractivity contribution is -0.149. The molecule has 0 saturated heterocycles. The van der Waals surface area contributed by atoms with Crippen molar-refractivity contribution in [3.63, 3.8) is 0 Å². The molecule has 0 unspecified atom stereocenters. The summed E-state index contributed by atoms with van der Waals surface area (Å²) in [5.41, 5.74) is -0.174. The zero-order valence-corrected chi connectivity index (χ0v) is 12.2. The highest BCUT2D eigenvalue weighted by Gasteiger charge is 2.28. The lowest BCUT2D eigenvalue weighted by Crippen LogP contribution is -2.34. The summed E-state index contributed by atoms with van der Waals surface area (Å²) >= 11 is 0. The number of aryl methyl sites for hydroxylation is 1. The number of hydrogen-bond donors (Lipinski definition) is 1. The zero-order chi connectivity index (χ0) is 15.3. The Morgan fingerprint density at radius 2 is 2.05 bits per heavy atom. The van der Waals surface area contributed by atoms with Crippen LogP contribution in [0.25, 0.3) is 0 Å². The first-order chi connectivity index (χ1) is 9.36. The Labute approximate surface area is 117 Å². The van der Waals surface area contributed by atoms with Crippen LogP contribution in [0.3, 0.4) is 0 Å². The van der Waals surface area contributed by atoms with Gasteiger partial charge in [0.2, 0.25) is 5.91 Å². The second-order valence-electron chi connectivity index (χ2n) is 5.03. The summed E-state index contributed by atoms with van der Waals surface area (Å²) in [5.74, 6) is -1.87. The zero-order valence-electron chi connectivity index (χ0n) is 12.2. The molecule has 0 fully saturated rings. The van der Waals surface area contributed by atoms with E-state index in [2.05, 4.69) is 10.1 Å². The van der Waals surface area contributed by atoms with E-state index in [-0.39, 0.29) is 17.2 Å². The Kier molecular flexibility index (Phi) is 5.49. The Bertz CT molecular complexity index is 548. The number of hydrogen-bond acceptors (Lipinski definition) is 4. The molecule has 1 atom stereocenters. The lowest BCUT2D eigenvalue weighted by atomic mass is 9.96. The highest BCUT2D eigenvalue weighted by Crippen LogP contribution is 2.15. The maximum Gasteiger partial charge on any atom is 0.318 e. The van der Waals surface area contributed by atoms with Crippen molar-refractivity contribution in [1.82, 2.24) is 4.57 Å². The number of carbonyl (C=O) groups excluding carboxylic acids is 2. The minimum Gasteiger partial charge on any atom is -0.468 e. The maximum atomic E-state index is 12.2. The molecule has 0 bridgehead atoms. The van der Waals surface area contributed by atoms with Crippen molar-refractivity contribution in [2.45, 2.75) is 20.3 Å². The van der Waals surface area contributed by atoms with Crippen LogP contribution in [-0.4, -0.2) is 23.6 Å². The number of methoxy groups -OCH3 is 1. The molecular formula is C14H20N2O4. The third-order valence-electron chi connectivity index (χ3n) is 2.89. The summed E-state index contributed by atoms with van der Waals surface area (Å²) in [6.07, 6.45) is 1.95. The number of anilines is 1. The molecule has 110 valence electrons. The number of rotatable bonds is 5. The summed E-state index contributed by atoms with van der Waals surface area (Å²) in [5, 5.41) is 2.50. The summed E-state index contributed by atoms with van der Waals surface area (Å²) in [6, 6.07) is 3.15. The van der Waals surface area contributed by atoms with Crippen molar-refractivity contribution >= 4 is 17.6 Å². The van der Waals surface area contributed by atoms with Gasteiger partial charge in [-0.3, -0.25) is 14.4 Å². The fourth-order valence-electron chi connectivity index (χ4n) is 1.84. The Morgan fingerprint density at radius 1 is 1.40 bits per heavy atom. The molecule has 0 saturated carbocycles. The van der Waals surface area contributed by atoms with E-state index in [0.717, 1.165) is 0 Å². The van der Waals surface area contributed by atoms with E-state index in [9.17, 15) is 14.4 Å². The van der Waals surface area contributed by atoms with Crippen LogP contribution in [0.4, 0.5) is 5.69 Å². The minimum absolute atomic E-state index is 0.151. The van der Waals surface area contributed by atoms with Crippen LogP contribution in [-0.2, 0) is 21.4 Å². The quantitative estimate of drug-likeness (QED) is 0.648. The minimum atomic E-state index is -0.912. The van der Waals surface area contributed by atoms with Crippen LogP contribution < -0.4 is 10.9 Å². The number of ether oxygens (including phenoxy) is 1. The standard InChI is InChI=1S/C14H20N2O4/c1-9(2)8-10(14(19)20-4)12(17)15-11-6-5-7-16(3)13(11)18/h5-7,9-10H,8H2,1-4H3,(H,15,17)/t10-/m0/s1. The number of nitrogens with zero attached hydrogens (tertiary/aromatic N) is 1. The van der Waals surface area contributed by atoms with Crippen LogP contribution in [0.15, 0.2) is 23.1 Å². The third-order valence-corrected chi connectivity index (χ3v) is 2.89. The van der Waals surface area contributed by atoms with E-state index in [4.69, 9.17) is 0 Å². The summed E-state index contributed by atoms with van der Waals surface area (Å²) in [4.78, 5) is 35.6. The van der Waals surface area contributed by atoms with Crippen molar-refractivity contribution in [3.8, 4) is 0 Å². The van der Waals surface area contributed by atoms with Gasteiger partial charge in [-0.05, 0) is 24.5 Å². The van der Waals surface area contributed by atoms with Crippen molar-refractivity contribution in [2.75, 3.05) is 12.4 Å². The molecule has 0 aliphatic rings. The fraction of sp³-hybridized carbons (Fsp3) is 0.500. The number of amides is 1. The second-order valence-corrected chi connectivity index (χ2v) is 5.03. The monoisotopic (exact) mass is 280 g/mol. The summed E-state index contributed by atoms with van der Waals surface area (Å²) in [7, 11) is 2.83. The van der Waals surface area contributed by atoms with Crippen LogP contribution in [0.2, 0.25) is 0 Å². The van der Waals surface area contributed by atoms with Gasteiger partial charge in [0.15, 0.2) is 0 Å². The summed E-state index contributed by atoms with van der Waals surface area (Å²) in [6.45, 7) is 3.82. The van der Waals surface area contributed by atoms with Gasteiger partial charge in [0.25, 0.3) is 5.56 Å². The van der Waals surface area contributed by atoms with Gasteiger partial charge in [-0.15, -0.1) is 0 Å². The van der Waals surface area contributed by atoms with Gasteiger partial charge in [0.05, 0.1) is 7.11 Å². The molecule has 1 heterocycles. The largest absolute Gasteiger partial charge is 0.468 e. The number of esters is 1. The number of pyridine rings is 1. The van der Waals surface area contributed by atoms with Gasteiger partial charge >= 0.3 is 5.97 Å². The maximum absolute atomic E-state index is 12.2. The van der Waals surface area contributed by atoms with Crippen molar-refractivity contribution in [1.29, 1.82) is 0 Å². The molecule has 6 nitrogen and oxygen atoms in total. The van der Waals surface area contributed by atoms with Crippen molar-refractivity contribution < 1.29 is 14.3 Å². The Morgan fingerprint density at radius 3 is 2.60 bits per heavy atom. The molecular weight excluding hydrogens is 260 g/mol. The second kappa shape index (κ2) is 6.88. The molecule has 0 aromatic carbocycles. The third kappa shape index (κ3) is 3.94. The molecule has 0 radical (unpaired) electrons. The molecule has 1 aromatic heterocycles. The number of carbonyl (C=O) groups is 2. The Balaban J connectivity index is 2.93. The average Bonchev–Trinajstić information content (AvgIpc) is 2.40. The predicted octanol–water partition coefficient (Wildman–Crippen LogP) is 1.16. The topological polar surface area (TPSA) is 77.4 Å². The van der Waals surface area contributed by atoms with Crippen LogP contribution in [0.5, 0.6) is 0 Å². The molecule has 1 amide bonds. The van der Waals surface area contributed by atoms with Crippen LogP contribution in [0, 0.1) is 11.8 Å². The molecule has 0 aliphatic carbocycles. The van der Waals surface area contributed by atoms with E-state index >= 15 is 0 Å². The van der Waals surface area contributed by atoms with E-state index < -0.39 is 17.8 Å². The van der Waals surface area contributed by atoms with Crippen molar-refractivity contribution in [3.05, 3.63) is 28.7 Å². The first-order valence-corrected chi connectivity index (χ1v) is 6.41. The van der Waals surface area contributed by atoms with Gasteiger partial charge in [-0.2, -0.15) is 0 Å². The van der Waals surface area contributed by atoms with Crippen molar-refractivity contribution in [2.24, 2.45) is 18.9 Å².